The van der Waals surface area contributed by atoms with Crippen LogP contribution in [0.25, 0.3) is 0 Å². The highest BCUT2D eigenvalue weighted by atomic mass is 32.1. The van der Waals surface area contributed by atoms with Crippen molar-refractivity contribution in [3.05, 3.63) is 52.2 Å². The van der Waals surface area contributed by atoms with E-state index >= 15 is 0 Å². The number of carboxylic acid groups (broad SMARTS) is 1. The number of hydrogen-bond acceptors (Lipinski definition) is 3. The van der Waals surface area contributed by atoms with Crippen molar-refractivity contribution in [3.8, 4) is 0 Å². The molecule has 0 saturated heterocycles. The lowest BCUT2D eigenvalue weighted by Gasteiger charge is -2.14. The number of nitrogens with one attached hydrogen (secondary N) is 1. The standard InChI is InChI=1S/C13H13NO2S/c1-9-4-2-5-10(8-9)14-12(13(15)16)11-6-3-7-17-11/h2-8,12,14H,1H3,(H,15,16)/t12-/m0/s1. The van der Waals surface area contributed by atoms with Crippen molar-refractivity contribution >= 4 is 23.0 Å². The van der Waals surface area contributed by atoms with Crippen molar-refractivity contribution in [2.75, 3.05) is 5.32 Å². The second kappa shape index (κ2) is 5.01. The van der Waals surface area contributed by atoms with Gasteiger partial charge in [-0.05, 0) is 36.1 Å². The smallest absolute Gasteiger partial charge is 0.331 e. The average Bonchev–Trinajstić information content (AvgIpc) is 2.78. The third-order valence-corrected chi connectivity index (χ3v) is 3.34. The fraction of sp³-hybridized carbons (Fsp3) is 0.154. The molecule has 2 N–H and O–H groups in total. The van der Waals surface area contributed by atoms with Gasteiger partial charge in [-0.2, -0.15) is 0 Å². The van der Waals surface area contributed by atoms with Crippen LogP contribution in [0.5, 0.6) is 0 Å². The monoisotopic (exact) mass is 247 g/mol. The lowest BCUT2D eigenvalue weighted by Crippen LogP contribution is -2.19. The van der Waals surface area contributed by atoms with E-state index in [1.54, 1.807) is 0 Å². The topological polar surface area (TPSA) is 49.3 Å². The number of carboxylic acids is 1. The molecule has 4 heteroatoms. The molecule has 0 amide bonds. The van der Waals surface area contributed by atoms with Gasteiger partial charge in [-0.1, -0.05) is 18.2 Å². The maximum Gasteiger partial charge on any atom is 0.331 e. The number of thiophene rings is 1. The second-order valence-corrected chi connectivity index (χ2v) is 4.78. The Labute approximate surface area is 104 Å². The van der Waals surface area contributed by atoms with E-state index in [9.17, 15) is 9.90 Å². The van der Waals surface area contributed by atoms with Crippen molar-refractivity contribution in [2.45, 2.75) is 13.0 Å². The number of rotatable bonds is 4. The maximum atomic E-state index is 11.2. The molecule has 1 aromatic heterocycles. The second-order valence-electron chi connectivity index (χ2n) is 3.80. The van der Waals surface area contributed by atoms with E-state index in [-0.39, 0.29) is 0 Å². The van der Waals surface area contributed by atoms with Crippen LogP contribution in [-0.2, 0) is 4.79 Å². The molecule has 0 aliphatic carbocycles. The predicted octanol–water partition coefficient (Wildman–Crippen LogP) is 3.29. The zero-order chi connectivity index (χ0) is 12.3. The van der Waals surface area contributed by atoms with Crippen molar-refractivity contribution in [1.29, 1.82) is 0 Å². The van der Waals surface area contributed by atoms with Crippen LogP contribution >= 0.6 is 11.3 Å². The van der Waals surface area contributed by atoms with Gasteiger partial charge in [0, 0.05) is 10.6 Å². The zero-order valence-corrected chi connectivity index (χ0v) is 10.2. The Bertz CT molecular complexity index is 508. The van der Waals surface area contributed by atoms with Gasteiger partial charge < -0.3 is 10.4 Å². The number of aryl methyl sites for hydroxylation is 1. The fourth-order valence-corrected chi connectivity index (χ4v) is 2.38. The molecule has 0 saturated carbocycles. The molecule has 17 heavy (non-hydrogen) atoms. The molecule has 1 atom stereocenters. The van der Waals surface area contributed by atoms with Crippen LogP contribution < -0.4 is 5.32 Å². The Balaban J connectivity index is 2.22. The van der Waals surface area contributed by atoms with Crippen LogP contribution in [0.2, 0.25) is 0 Å². The quantitative estimate of drug-likeness (QED) is 0.871. The van der Waals surface area contributed by atoms with E-state index in [0.29, 0.717) is 0 Å². The first-order valence-electron chi connectivity index (χ1n) is 5.26. The molecule has 3 nitrogen and oxygen atoms in total. The Morgan fingerprint density at radius 3 is 2.76 bits per heavy atom. The average molecular weight is 247 g/mol. The molecule has 0 unspecified atom stereocenters. The van der Waals surface area contributed by atoms with Crippen LogP contribution in [0.15, 0.2) is 41.8 Å². The van der Waals surface area contributed by atoms with Crippen LogP contribution in [-0.4, -0.2) is 11.1 Å². The summed E-state index contributed by atoms with van der Waals surface area (Å²) >= 11 is 1.44. The molecular formula is C13H13NO2S. The van der Waals surface area contributed by atoms with E-state index < -0.39 is 12.0 Å². The number of aliphatic carboxylic acids is 1. The summed E-state index contributed by atoms with van der Waals surface area (Å²) in [6.07, 6.45) is 0. The van der Waals surface area contributed by atoms with Crippen LogP contribution in [0.4, 0.5) is 5.69 Å². The minimum Gasteiger partial charge on any atom is -0.479 e. The molecule has 2 rings (SSSR count). The van der Waals surface area contributed by atoms with Gasteiger partial charge in [0.2, 0.25) is 0 Å². The fourth-order valence-electron chi connectivity index (χ4n) is 1.61. The Morgan fingerprint density at radius 2 is 2.18 bits per heavy atom. The van der Waals surface area contributed by atoms with Crippen molar-refractivity contribution in [2.24, 2.45) is 0 Å². The molecule has 0 spiro atoms. The van der Waals surface area contributed by atoms with E-state index in [2.05, 4.69) is 5.32 Å². The first kappa shape index (κ1) is 11.7. The third kappa shape index (κ3) is 2.85. The summed E-state index contributed by atoms with van der Waals surface area (Å²) in [5.41, 5.74) is 1.93. The molecular weight excluding hydrogens is 234 g/mol. The van der Waals surface area contributed by atoms with Gasteiger partial charge in [0.1, 0.15) is 0 Å². The minimum absolute atomic E-state index is 0.684. The van der Waals surface area contributed by atoms with Gasteiger partial charge in [0.05, 0.1) is 0 Å². The first-order valence-corrected chi connectivity index (χ1v) is 6.14. The van der Waals surface area contributed by atoms with Crippen LogP contribution in [0.3, 0.4) is 0 Å². The number of carbonyl (C=O) groups is 1. The lowest BCUT2D eigenvalue weighted by atomic mass is 10.2. The predicted molar refractivity (Wildman–Crippen MR) is 69.5 cm³/mol. The summed E-state index contributed by atoms with van der Waals surface area (Å²) in [7, 11) is 0. The Kier molecular flexibility index (Phi) is 3.44. The maximum absolute atomic E-state index is 11.2. The highest BCUT2D eigenvalue weighted by Crippen LogP contribution is 2.24. The van der Waals surface area contributed by atoms with Gasteiger partial charge in [0.15, 0.2) is 6.04 Å². The largest absolute Gasteiger partial charge is 0.479 e. The molecule has 0 aliphatic rings. The van der Waals surface area contributed by atoms with Crippen molar-refractivity contribution in [1.82, 2.24) is 0 Å². The Morgan fingerprint density at radius 1 is 1.35 bits per heavy atom. The number of benzene rings is 1. The van der Waals surface area contributed by atoms with Crippen molar-refractivity contribution < 1.29 is 9.90 Å². The summed E-state index contributed by atoms with van der Waals surface area (Å²) in [6, 6.07) is 10.7. The summed E-state index contributed by atoms with van der Waals surface area (Å²) < 4.78 is 0. The molecule has 1 heterocycles. The van der Waals surface area contributed by atoms with E-state index in [0.717, 1.165) is 16.1 Å². The van der Waals surface area contributed by atoms with Crippen LogP contribution in [0, 0.1) is 6.92 Å². The SMILES string of the molecule is Cc1cccc(N[C@H](C(=O)O)c2cccs2)c1. The van der Waals surface area contributed by atoms with Crippen LogP contribution in [0.1, 0.15) is 16.5 Å². The van der Waals surface area contributed by atoms with Gasteiger partial charge >= 0.3 is 5.97 Å². The highest BCUT2D eigenvalue weighted by Gasteiger charge is 2.20. The van der Waals surface area contributed by atoms with Gasteiger partial charge in [-0.3, -0.25) is 0 Å². The highest BCUT2D eigenvalue weighted by molar-refractivity contribution is 7.10. The summed E-state index contributed by atoms with van der Waals surface area (Å²) in [5.74, 6) is -0.867. The number of hydrogen-bond donors (Lipinski definition) is 2. The summed E-state index contributed by atoms with van der Waals surface area (Å²) in [5, 5.41) is 14.1. The van der Waals surface area contributed by atoms with Gasteiger partial charge in [-0.15, -0.1) is 11.3 Å². The summed E-state index contributed by atoms with van der Waals surface area (Å²) in [6.45, 7) is 1.98. The molecule has 0 bridgehead atoms. The minimum atomic E-state index is -0.867. The first-order chi connectivity index (χ1) is 8.16. The van der Waals surface area contributed by atoms with E-state index in [4.69, 9.17) is 0 Å². The molecule has 1 aromatic carbocycles. The number of anilines is 1. The molecule has 2 aromatic rings. The normalized spacial score (nSPS) is 12.1. The molecule has 0 radical (unpaired) electrons. The molecule has 0 aliphatic heterocycles. The third-order valence-electron chi connectivity index (χ3n) is 2.40. The van der Waals surface area contributed by atoms with Gasteiger partial charge in [-0.25, -0.2) is 4.79 Å². The zero-order valence-electron chi connectivity index (χ0n) is 9.38. The summed E-state index contributed by atoms with van der Waals surface area (Å²) in [4.78, 5) is 12.0. The van der Waals surface area contributed by atoms with Crippen molar-refractivity contribution in [3.63, 3.8) is 0 Å². The molecule has 88 valence electrons. The van der Waals surface area contributed by atoms with E-state index in [1.165, 1.54) is 11.3 Å². The Hall–Kier alpha value is -1.81. The van der Waals surface area contributed by atoms with E-state index in [1.807, 2.05) is 48.7 Å². The molecule has 0 fully saturated rings. The van der Waals surface area contributed by atoms with Gasteiger partial charge in [0.25, 0.3) is 0 Å². The lowest BCUT2D eigenvalue weighted by molar-refractivity contribution is -0.138.